The zero-order valence-electron chi connectivity index (χ0n) is 4.71. The lowest BCUT2D eigenvalue weighted by atomic mass is 10.2. The largest absolute Gasteiger partial charge is 0.394 e. The Morgan fingerprint density at radius 1 is 1.50 bits per heavy atom. The summed E-state index contributed by atoms with van der Waals surface area (Å²) in [5.74, 6) is 0.812. The fourth-order valence-electron chi connectivity index (χ4n) is 1.39. The van der Waals surface area contributed by atoms with E-state index < -0.39 is 0 Å². The first-order valence-corrected chi connectivity index (χ1v) is 3.16. The number of hydrogen-bond acceptors (Lipinski definition) is 2. The Hall–Kier alpha value is -0.0800. The van der Waals surface area contributed by atoms with Crippen LogP contribution in [0.5, 0.6) is 0 Å². The third kappa shape index (κ3) is 0.565. The van der Waals surface area contributed by atoms with E-state index in [2.05, 4.69) is 0 Å². The van der Waals surface area contributed by atoms with Crippen molar-refractivity contribution in [2.75, 3.05) is 6.61 Å². The van der Waals surface area contributed by atoms with E-state index in [4.69, 9.17) is 9.84 Å². The molecule has 0 radical (unpaired) electrons. The molecule has 2 aliphatic rings. The van der Waals surface area contributed by atoms with E-state index in [0.29, 0.717) is 6.10 Å². The van der Waals surface area contributed by atoms with E-state index in [-0.39, 0.29) is 12.7 Å². The maximum Gasteiger partial charge on any atom is 0.0813 e. The van der Waals surface area contributed by atoms with Gasteiger partial charge >= 0.3 is 0 Å². The number of aliphatic hydroxyl groups excluding tert-OH is 1. The SMILES string of the molecule is OCC1CC2CC2O1. The molecule has 1 N–H and O–H groups in total. The standard InChI is InChI=1S/C6H10O2/c7-3-5-1-4-2-6(4)8-5/h4-7H,1-3H2. The minimum Gasteiger partial charge on any atom is -0.394 e. The molecule has 8 heavy (non-hydrogen) atoms. The first kappa shape index (κ1) is 4.77. The molecule has 1 saturated carbocycles. The Labute approximate surface area is 48.5 Å². The third-order valence-electron chi connectivity index (χ3n) is 1.99. The van der Waals surface area contributed by atoms with Crippen molar-refractivity contribution in [3.63, 3.8) is 0 Å². The van der Waals surface area contributed by atoms with E-state index in [1.165, 1.54) is 6.42 Å². The van der Waals surface area contributed by atoms with Gasteiger partial charge in [-0.2, -0.15) is 0 Å². The van der Waals surface area contributed by atoms with Crippen molar-refractivity contribution in [3.8, 4) is 0 Å². The Bertz CT molecular complexity index is 92.7. The summed E-state index contributed by atoms with van der Waals surface area (Å²) < 4.78 is 5.33. The molecule has 1 saturated heterocycles. The summed E-state index contributed by atoms with van der Waals surface area (Å²) in [7, 11) is 0. The molecule has 0 aromatic carbocycles. The van der Waals surface area contributed by atoms with Gasteiger partial charge in [0.05, 0.1) is 18.8 Å². The summed E-state index contributed by atoms with van der Waals surface area (Å²) in [4.78, 5) is 0. The highest BCUT2D eigenvalue weighted by atomic mass is 16.5. The van der Waals surface area contributed by atoms with Gasteiger partial charge in [-0.05, 0) is 18.8 Å². The molecule has 0 bridgehead atoms. The lowest BCUT2D eigenvalue weighted by Crippen LogP contribution is -2.12. The van der Waals surface area contributed by atoms with Gasteiger partial charge in [0.1, 0.15) is 0 Å². The molecule has 2 heteroatoms. The zero-order chi connectivity index (χ0) is 5.56. The molecule has 2 nitrogen and oxygen atoms in total. The highest BCUT2D eigenvalue weighted by molar-refractivity contribution is 4.95. The average molecular weight is 114 g/mol. The number of rotatable bonds is 1. The Balaban J connectivity index is 1.89. The van der Waals surface area contributed by atoms with Crippen LogP contribution < -0.4 is 0 Å². The van der Waals surface area contributed by atoms with E-state index in [9.17, 15) is 0 Å². The van der Waals surface area contributed by atoms with E-state index in [1.54, 1.807) is 0 Å². The summed E-state index contributed by atoms with van der Waals surface area (Å²) in [5, 5.41) is 8.58. The smallest absolute Gasteiger partial charge is 0.0813 e. The van der Waals surface area contributed by atoms with Crippen LogP contribution in [0.25, 0.3) is 0 Å². The second kappa shape index (κ2) is 1.45. The maximum atomic E-state index is 8.58. The minimum absolute atomic E-state index is 0.179. The predicted molar refractivity (Wildman–Crippen MR) is 28.5 cm³/mol. The fourth-order valence-corrected chi connectivity index (χ4v) is 1.39. The van der Waals surface area contributed by atoms with Gasteiger partial charge in [0, 0.05) is 0 Å². The van der Waals surface area contributed by atoms with E-state index in [1.807, 2.05) is 0 Å². The van der Waals surface area contributed by atoms with Gasteiger partial charge in [0.2, 0.25) is 0 Å². The van der Waals surface area contributed by atoms with Crippen LogP contribution in [0.1, 0.15) is 12.8 Å². The van der Waals surface area contributed by atoms with Crippen LogP contribution >= 0.6 is 0 Å². The molecule has 1 heterocycles. The Morgan fingerprint density at radius 3 is 2.75 bits per heavy atom. The zero-order valence-corrected chi connectivity index (χ0v) is 4.71. The van der Waals surface area contributed by atoms with Crippen molar-refractivity contribution in [1.82, 2.24) is 0 Å². The van der Waals surface area contributed by atoms with Crippen LogP contribution in [0.15, 0.2) is 0 Å². The molecular weight excluding hydrogens is 104 g/mol. The van der Waals surface area contributed by atoms with Gasteiger partial charge in [0.25, 0.3) is 0 Å². The van der Waals surface area contributed by atoms with Gasteiger partial charge in [-0.1, -0.05) is 0 Å². The summed E-state index contributed by atoms with van der Waals surface area (Å²) in [6.45, 7) is 0.215. The quantitative estimate of drug-likeness (QED) is 0.526. The van der Waals surface area contributed by atoms with Gasteiger partial charge in [-0.25, -0.2) is 0 Å². The van der Waals surface area contributed by atoms with Crippen molar-refractivity contribution in [2.45, 2.75) is 25.0 Å². The average Bonchev–Trinajstić information content (AvgIpc) is 2.40. The van der Waals surface area contributed by atoms with Crippen molar-refractivity contribution in [2.24, 2.45) is 5.92 Å². The fraction of sp³-hybridized carbons (Fsp3) is 1.00. The van der Waals surface area contributed by atoms with Crippen molar-refractivity contribution >= 4 is 0 Å². The molecule has 1 aliphatic carbocycles. The number of hydrogen-bond donors (Lipinski definition) is 1. The summed E-state index contributed by atoms with van der Waals surface area (Å²) in [6, 6.07) is 0. The Morgan fingerprint density at radius 2 is 2.38 bits per heavy atom. The molecule has 0 aromatic heterocycles. The molecular formula is C6H10O2. The summed E-state index contributed by atoms with van der Waals surface area (Å²) in [5.41, 5.74) is 0. The van der Waals surface area contributed by atoms with Crippen molar-refractivity contribution < 1.29 is 9.84 Å². The lowest BCUT2D eigenvalue weighted by molar-refractivity contribution is 0.0305. The first-order chi connectivity index (χ1) is 3.90. The molecule has 2 fully saturated rings. The summed E-state index contributed by atoms with van der Waals surface area (Å²) in [6.07, 6.45) is 3.06. The predicted octanol–water partition coefficient (Wildman–Crippen LogP) is 0.156. The molecule has 2 rings (SSSR count). The molecule has 3 atom stereocenters. The van der Waals surface area contributed by atoms with Gasteiger partial charge < -0.3 is 9.84 Å². The molecule has 1 aliphatic heterocycles. The second-order valence-corrected chi connectivity index (χ2v) is 2.71. The number of aliphatic hydroxyl groups is 1. The Kier molecular flexibility index (Phi) is 0.866. The second-order valence-electron chi connectivity index (χ2n) is 2.71. The van der Waals surface area contributed by atoms with Gasteiger partial charge in [0.15, 0.2) is 0 Å². The van der Waals surface area contributed by atoms with E-state index in [0.717, 1.165) is 12.3 Å². The monoisotopic (exact) mass is 114 g/mol. The van der Waals surface area contributed by atoms with Gasteiger partial charge in [-0.3, -0.25) is 0 Å². The lowest BCUT2D eigenvalue weighted by Gasteiger charge is -2.05. The van der Waals surface area contributed by atoms with Crippen LogP contribution in [-0.4, -0.2) is 23.9 Å². The molecule has 46 valence electrons. The van der Waals surface area contributed by atoms with Crippen molar-refractivity contribution in [1.29, 1.82) is 0 Å². The van der Waals surface area contributed by atoms with Crippen LogP contribution in [0.2, 0.25) is 0 Å². The van der Waals surface area contributed by atoms with Gasteiger partial charge in [-0.15, -0.1) is 0 Å². The molecule has 0 aromatic rings. The highest BCUT2D eigenvalue weighted by Crippen LogP contribution is 2.45. The first-order valence-electron chi connectivity index (χ1n) is 3.16. The molecule has 0 spiro atoms. The minimum atomic E-state index is 0.179. The topological polar surface area (TPSA) is 29.5 Å². The van der Waals surface area contributed by atoms with Crippen LogP contribution in [-0.2, 0) is 4.74 Å². The van der Waals surface area contributed by atoms with Crippen molar-refractivity contribution in [3.05, 3.63) is 0 Å². The molecule has 0 amide bonds. The molecule has 3 unspecified atom stereocenters. The van der Waals surface area contributed by atoms with Crippen LogP contribution in [0, 0.1) is 5.92 Å². The van der Waals surface area contributed by atoms with Crippen LogP contribution in [0.3, 0.4) is 0 Å². The van der Waals surface area contributed by atoms with E-state index >= 15 is 0 Å². The normalized spacial score (nSPS) is 51.4. The number of fused-ring (bicyclic) bond motifs is 1. The highest BCUT2D eigenvalue weighted by Gasteiger charge is 2.46. The summed E-state index contributed by atoms with van der Waals surface area (Å²) >= 11 is 0. The van der Waals surface area contributed by atoms with Crippen LogP contribution in [0.4, 0.5) is 0 Å². The maximum absolute atomic E-state index is 8.58. The third-order valence-corrected chi connectivity index (χ3v) is 1.99. The number of ether oxygens (including phenoxy) is 1.